The summed E-state index contributed by atoms with van der Waals surface area (Å²) in [7, 11) is 0. The third-order valence-electron chi connectivity index (χ3n) is 4.20. The predicted octanol–water partition coefficient (Wildman–Crippen LogP) is 2.18. The lowest BCUT2D eigenvalue weighted by Gasteiger charge is -2.23. The first kappa shape index (κ1) is 20.6. The molecule has 0 amide bonds. The van der Waals surface area contributed by atoms with Crippen molar-refractivity contribution in [2.75, 3.05) is 19.8 Å². The minimum Gasteiger partial charge on any atom is -0.394 e. The van der Waals surface area contributed by atoms with Gasteiger partial charge in [-0.15, -0.1) is 0 Å². The SMILES string of the molecule is CCCCCC/C=C/CCCCO[C@@H]1[C@H]([C@@H](O)CO)OC[C@H]1O. The number of ether oxygens (including phenoxy) is 2. The Kier molecular flexibility index (Phi) is 11.5. The topological polar surface area (TPSA) is 79.2 Å². The Labute approximate surface area is 140 Å². The standard InChI is InChI=1S/C18H34O5/c1-2-3-4-5-6-7-8-9-10-11-12-22-18-16(21)14-23-17(18)15(20)13-19/h7-8,15-21H,2-6,9-14H2,1H3/b8-7+/t15-,16+,17-,18-/m0/s1. The van der Waals surface area contributed by atoms with E-state index in [1.807, 2.05) is 0 Å². The Morgan fingerprint density at radius 1 is 1.13 bits per heavy atom. The van der Waals surface area contributed by atoms with Gasteiger partial charge in [0, 0.05) is 6.61 Å². The molecule has 5 nitrogen and oxygen atoms in total. The van der Waals surface area contributed by atoms with Gasteiger partial charge in [0.05, 0.1) is 13.2 Å². The average molecular weight is 330 g/mol. The van der Waals surface area contributed by atoms with E-state index >= 15 is 0 Å². The smallest absolute Gasteiger partial charge is 0.114 e. The largest absolute Gasteiger partial charge is 0.394 e. The van der Waals surface area contributed by atoms with Crippen molar-refractivity contribution in [3.05, 3.63) is 12.2 Å². The summed E-state index contributed by atoms with van der Waals surface area (Å²) in [5.74, 6) is 0. The van der Waals surface area contributed by atoms with Crippen LogP contribution in [0, 0.1) is 0 Å². The first-order valence-corrected chi connectivity index (χ1v) is 9.05. The van der Waals surface area contributed by atoms with Crippen LogP contribution >= 0.6 is 0 Å². The zero-order chi connectivity index (χ0) is 16.9. The van der Waals surface area contributed by atoms with Crippen molar-refractivity contribution in [2.45, 2.75) is 82.7 Å². The minimum atomic E-state index is -1.01. The molecule has 0 aromatic carbocycles. The summed E-state index contributed by atoms with van der Waals surface area (Å²) < 4.78 is 10.9. The third-order valence-corrected chi connectivity index (χ3v) is 4.20. The van der Waals surface area contributed by atoms with Gasteiger partial charge in [0.1, 0.15) is 24.4 Å². The van der Waals surface area contributed by atoms with Crippen molar-refractivity contribution in [1.29, 1.82) is 0 Å². The summed E-state index contributed by atoms with van der Waals surface area (Å²) in [6.45, 7) is 2.51. The summed E-state index contributed by atoms with van der Waals surface area (Å²) in [4.78, 5) is 0. The number of unbranched alkanes of at least 4 members (excludes halogenated alkanes) is 6. The molecule has 1 rings (SSSR count). The van der Waals surface area contributed by atoms with E-state index in [0.717, 1.165) is 19.3 Å². The van der Waals surface area contributed by atoms with Gasteiger partial charge in [-0.05, 0) is 32.1 Å². The van der Waals surface area contributed by atoms with E-state index in [2.05, 4.69) is 19.1 Å². The molecule has 5 heteroatoms. The van der Waals surface area contributed by atoms with Gasteiger partial charge in [0.25, 0.3) is 0 Å². The van der Waals surface area contributed by atoms with Gasteiger partial charge in [0.15, 0.2) is 0 Å². The predicted molar refractivity (Wildman–Crippen MR) is 90.3 cm³/mol. The second kappa shape index (κ2) is 12.9. The summed E-state index contributed by atoms with van der Waals surface area (Å²) in [5, 5.41) is 28.4. The Morgan fingerprint density at radius 3 is 2.48 bits per heavy atom. The molecular formula is C18H34O5. The van der Waals surface area contributed by atoms with Crippen LogP contribution in [-0.4, -0.2) is 59.6 Å². The van der Waals surface area contributed by atoms with Crippen LogP contribution in [0.25, 0.3) is 0 Å². The number of allylic oxidation sites excluding steroid dienone is 2. The Hall–Kier alpha value is -0.460. The van der Waals surface area contributed by atoms with E-state index in [-0.39, 0.29) is 13.2 Å². The van der Waals surface area contributed by atoms with Crippen LogP contribution in [0.1, 0.15) is 58.3 Å². The lowest BCUT2D eigenvalue weighted by Crippen LogP contribution is -2.42. The van der Waals surface area contributed by atoms with Gasteiger partial charge >= 0.3 is 0 Å². The second-order valence-corrected chi connectivity index (χ2v) is 6.27. The molecule has 0 bridgehead atoms. The fourth-order valence-electron chi connectivity index (χ4n) is 2.77. The molecule has 0 radical (unpaired) electrons. The molecule has 0 unspecified atom stereocenters. The fraction of sp³-hybridized carbons (Fsp3) is 0.889. The monoisotopic (exact) mass is 330 g/mol. The summed E-state index contributed by atoms with van der Waals surface area (Å²) in [6, 6.07) is 0. The molecule has 136 valence electrons. The maximum atomic E-state index is 9.81. The fourth-order valence-corrected chi connectivity index (χ4v) is 2.77. The zero-order valence-electron chi connectivity index (χ0n) is 14.4. The van der Waals surface area contributed by atoms with Crippen molar-refractivity contribution >= 4 is 0 Å². The van der Waals surface area contributed by atoms with Gasteiger partial charge in [-0.3, -0.25) is 0 Å². The molecule has 0 saturated carbocycles. The zero-order valence-corrected chi connectivity index (χ0v) is 14.4. The van der Waals surface area contributed by atoms with Crippen molar-refractivity contribution in [2.24, 2.45) is 0 Å². The molecule has 23 heavy (non-hydrogen) atoms. The summed E-state index contributed by atoms with van der Waals surface area (Å²) in [6.07, 6.45) is 10.9. The van der Waals surface area contributed by atoms with Crippen LogP contribution in [0.4, 0.5) is 0 Å². The molecule has 0 spiro atoms. The van der Waals surface area contributed by atoms with Crippen molar-refractivity contribution in [3.8, 4) is 0 Å². The molecule has 0 aromatic heterocycles. The summed E-state index contributed by atoms with van der Waals surface area (Å²) >= 11 is 0. The Morgan fingerprint density at radius 2 is 1.83 bits per heavy atom. The first-order chi connectivity index (χ1) is 11.2. The molecule has 1 aliphatic rings. The molecule has 0 aromatic rings. The van der Waals surface area contributed by atoms with Crippen LogP contribution in [0.3, 0.4) is 0 Å². The number of aliphatic hydroxyl groups is 3. The molecule has 1 saturated heterocycles. The van der Waals surface area contributed by atoms with Gasteiger partial charge in [-0.1, -0.05) is 38.3 Å². The van der Waals surface area contributed by atoms with Crippen LogP contribution in [0.2, 0.25) is 0 Å². The maximum absolute atomic E-state index is 9.81. The first-order valence-electron chi connectivity index (χ1n) is 9.05. The number of hydrogen-bond acceptors (Lipinski definition) is 5. The highest BCUT2D eigenvalue weighted by molar-refractivity contribution is 4.89. The van der Waals surface area contributed by atoms with E-state index in [1.165, 1.54) is 32.1 Å². The number of hydrogen-bond donors (Lipinski definition) is 3. The van der Waals surface area contributed by atoms with Crippen LogP contribution in [-0.2, 0) is 9.47 Å². The van der Waals surface area contributed by atoms with Gasteiger partial charge < -0.3 is 24.8 Å². The highest BCUT2D eigenvalue weighted by atomic mass is 16.6. The highest BCUT2D eigenvalue weighted by Gasteiger charge is 2.40. The Balaban J connectivity index is 2.04. The van der Waals surface area contributed by atoms with E-state index in [0.29, 0.717) is 6.61 Å². The highest BCUT2D eigenvalue weighted by Crippen LogP contribution is 2.21. The second-order valence-electron chi connectivity index (χ2n) is 6.27. The number of aliphatic hydroxyl groups excluding tert-OH is 3. The van der Waals surface area contributed by atoms with Gasteiger partial charge in [0.2, 0.25) is 0 Å². The minimum absolute atomic E-state index is 0.146. The molecule has 1 fully saturated rings. The van der Waals surface area contributed by atoms with Crippen molar-refractivity contribution in [3.63, 3.8) is 0 Å². The molecule has 1 heterocycles. The molecule has 1 aliphatic heterocycles. The van der Waals surface area contributed by atoms with Crippen LogP contribution in [0.15, 0.2) is 12.2 Å². The van der Waals surface area contributed by atoms with E-state index in [1.54, 1.807) is 0 Å². The molecule has 3 N–H and O–H groups in total. The van der Waals surface area contributed by atoms with Crippen LogP contribution in [0.5, 0.6) is 0 Å². The van der Waals surface area contributed by atoms with Gasteiger partial charge in [-0.25, -0.2) is 0 Å². The van der Waals surface area contributed by atoms with Crippen molar-refractivity contribution < 1.29 is 24.8 Å². The molecular weight excluding hydrogens is 296 g/mol. The van der Waals surface area contributed by atoms with Gasteiger partial charge in [-0.2, -0.15) is 0 Å². The van der Waals surface area contributed by atoms with Crippen molar-refractivity contribution in [1.82, 2.24) is 0 Å². The van der Waals surface area contributed by atoms with E-state index < -0.39 is 24.4 Å². The van der Waals surface area contributed by atoms with E-state index in [9.17, 15) is 10.2 Å². The average Bonchev–Trinajstić information content (AvgIpc) is 2.93. The lowest BCUT2D eigenvalue weighted by molar-refractivity contribution is -0.0937. The quantitative estimate of drug-likeness (QED) is 0.356. The normalized spacial score (nSPS) is 26.2. The molecule has 4 atom stereocenters. The third kappa shape index (κ3) is 8.27. The molecule has 0 aliphatic carbocycles. The number of rotatable bonds is 13. The Bertz CT molecular complexity index is 308. The van der Waals surface area contributed by atoms with Crippen LogP contribution < -0.4 is 0 Å². The maximum Gasteiger partial charge on any atom is 0.114 e. The summed E-state index contributed by atoms with van der Waals surface area (Å²) in [5.41, 5.74) is 0. The van der Waals surface area contributed by atoms with E-state index in [4.69, 9.17) is 14.6 Å². The lowest BCUT2D eigenvalue weighted by atomic mass is 10.1.